The lowest BCUT2D eigenvalue weighted by molar-refractivity contribution is 0.329. The van der Waals surface area contributed by atoms with Crippen molar-refractivity contribution in [3.05, 3.63) is 11.7 Å². The van der Waals surface area contributed by atoms with Gasteiger partial charge in [0.05, 0.1) is 0 Å². The molecule has 2 N–H and O–H groups in total. The van der Waals surface area contributed by atoms with Crippen molar-refractivity contribution in [3.8, 4) is 0 Å². The second-order valence-electron chi connectivity index (χ2n) is 5.53. The van der Waals surface area contributed by atoms with Crippen LogP contribution in [0.4, 0.5) is 0 Å². The largest absolute Gasteiger partial charge is 0.357 e. The van der Waals surface area contributed by atoms with Gasteiger partial charge < -0.3 is 15.2 Å². The van der Waals surface area contributed by atoms with Crippen LogP contribution in [-0.2, 0) is 6.54 Å². The number of aliphatic imine (C=N–C) groups is 1. The Hall–Kier alpha value is -1.59. The summed E-state index contributed by atoms with van der Waals surface area (Å²) in [4.78, 5) is 8.68. The highest BCUT2D eigenvalue weighted by Gasteiger charge is 2.18. The normalized spacial score (nSPS) is 23.6. The molecular weight excluding hydrogens is 254 g/mol. The highest BCUT2D eigenvalue weighted by Crippen LogP contribution is 2.23. The highest BCUT2D eigenvalue weighted by atomic mass is 16.5. The molecule has 112 valence electrons. The number of aromatic nitrogens is 2. The molecule has 1 aromatic rings. The Morgan fingerprint density at radius 3 is 2.70 bits per heavy atom. The Kier molecular flexibility index (Phi) is 5.38. The first-order valence-electron chi connectivity index (χ1n) is 7.51. The van der Waals surface area contributed by atoms with Crippen LogP contribution in [0.5, 0.6) is 0 Å². The molecule has 0 bridgehead atoms. The molecule has 1 heterocycles. The van der Waals surface area contributed by atoms with E-state index in [0.29, 0.717) is 24.3 Å². The molecule has 6 heteroatoms. The van der Waals surface area contributed by atoms with Crippen LogP contribution in [0.1, 0.15) is 51.2 Å². The average molecular weight is 279 g/mol. The van der Waals surface area contributed by atoms with Gasteiger partial charge in [-0.3, -0.25) is 0 Å². The number of hydrogen-bond donors (Lipinski definition) is 2. The monoisotopic (exact) mass is 279 g/mol. The topological polar surface area (TPSA) is 75.3 Å². The van der Waals surface area contributed by atoms with Gasteiger partial charge in [0.2, 0.25) is 5.89 Å². The predicted molar refractivity (Wildman–Crippen MR) is 78.4 cm³/mol. The molecule has 6 nitrogen and oxygen atoms in total. The minimum Gasteiger partial charge on any atom is -0.357 e. The van der Waals surface area contributed by atoms with E-state index in [1.807, 2.05) is 0 Å². The molecule has 1 aliphatic carbocycles. The van der Waals surface area contributed by atoms with Crippen molar-refractivity contribution in [1.29, 1.82) is 0 Å². The molecule has 0 atom stereocenters. The van der Waals surface area contributed by atoms with Gasteiger partial charge in [-0.2, -0.15) is 4.98 Å². The number of nitrogens with zero attached hydrogens (tertiary/aromatic N) is 3. The van der Waals surface area contributed by atoms with Crippen molar-refractivity contribution in [1.82, 2.24) is 20.8 Å². The van der Waals surface area contributed by atoms with E-state index in [1.54, 1.807) is 6.92 Å². The summed E-state index contributed by atoms with van der Waals surface area (Å²) >= 11 is 0. The predicted octanol–water partition coefficient (Wildman–Crippen LogP) is 2.01. The lowest BCUT2D eigenvalue weighted by Crippen LogP contribution is -2.44. The minimum atomic E-state index is 0.440. The Balaban J connectivity index is 1.88. The van der Waals surface area contributed by atoms with Crippen molar-refractivity contribution < 1.29 is 4.52 Å². The van der Waals surface area contributed by atoms with Crippen molar-refractivity contribution >= 4 is 5.96 Å². The summed E-state index contributed by atoms with van der Waals surface area (Å²) in [6.07, 6.45) is 5.02. The first-order chi connectivity index (χ1) is 9.67. The van der Waals surface area contributed by atoms with Crippen LogP contribution >= 0.6 is 0 Å². The van der Waals surface area contributed by atoms with Crippen molar-refractivity contribution in [2.45, 2.75) is 59.0 Å². The third-order valence-electron chi connectivity index (χ3n) is 3.65. The summed E-state index contributed by atoms with van der Waals surface area (Å²) < 4.78 is 4.95. The fourth-order valence-electron chi connectivity index (χ4n) is 2.47. The van der Waals surface area contributed by atoms with Gasteiger partial charge in [-0.05, 0) is 38.5 Å². The molecule has 0 aromatic carbocycles. The molecular formula is C14H25N5O. The van der Waals surface area contributed by atoms with Gasteiger partial charge in [-0.15, -0.1) is 0 Å². The Morgan fingerprint density at radius 1 is 1.35 bits per heavy atom. The molecule has 2 rings (SSSR count). The van der Waals surface area contributed by atoms with E-state index < -0.39 is 0 Å². The zero-order valence-corrected chi connectivity index (χ0v) is 12.6. The summed E-state index contributed by atoms with van der Waals surface area (Å²) in [7, 11) is 0. The lowest BCUT2D eigenvalue weighted by atomic mass is 9.87. The van der Waals surface area contributed by atoms with Crippen molar-refractivity contribution in [2.75, 3.05) is 6.54 Å². The Labute approximate surface area is 120 Å². The fourth-order valence-corrected chi connectivity index (χ4v) is 2.47. The molecule has 1 fully saturated rings. The number of rotatable bonds is 4. The third-order valence-corrected chi connectivity index (χ3v) is 3.65. The van der Waals surface area contributed by atoms with Gasteiger partial charge in [0, 0.05) is 19.5 Å². The van der Waals surface area contributed by atoms with Crippen LogP contribution in [-0.4, -0.2) is 28.7 Å². The lowest BCUT2D eigenvalue weighted by Gasteiger charge is -2.28. The van der Waals surface area contributed by atoms with Crippen LogP contribution in [0, 0.1) is 12.8 Å². The maximum absolute atomic E-state index is 4.95. The van der Waals surface area contributed by atoms with Crippen molar-refractivity contribution in [3.63, 3.8) is 0 Å². The van der Waals surface area contributed by atoms with Crippen LogP contribution in [0.3, 0.4) is 0 Å². The number of nitrogens with one attached hydrogen (secondary N) is 2. The molecule has 0 saturated heterocycles. The quantitative estimate of drug-likeness (QED) is 0.651. The molecule has 0 radical (unpaired) electrons. The summed E-state index contributed by atoms with van der Waals surface area (Å²) in [5.41, 5.74) is 0. The molecule has 0 unspecified atom stereocenters. The minimum absolute atomic E-state index is 0.440. The second kappa shape index (κ2) is 7.26. The molecule has 1 aliphatic rings. The fraction of sp³-hybridized carbons (Fsp3) is 0.786. The highest BCUT2D eigenvalue weighted by molar-refractivity contribution is 5.80. The van der Waals surface area contributed by atoms with Crippen molar-refractivity contribution in [2.24, 2.45) is 10.9 Å². The molecule has 0 amide bonds. The second-order valence-corrected chi connectivity index (χ2v) is 5.53. The van der Waals surface area contributed by atoms with Crippen LogP contribution in [0.25, 0.3) is 0 Å². The molecule has 1 saturated carbocycles. The zero-order chi connectivity index (χ0) is 14.4. The van der Waals surface area contributed by atoms with Gasteiger partial charge in [-0.25, -0.2) is 4.99 Å². The van der Waals surface area contributed by atoms with Gasteiger partial charge in [-0.1, -0.05) is 12.1 Å². The Bertz CT molecular complexity index is 435. The van der Waals surface area contributed by atoms with E-state index in [2.05, 4.69) is 39.6 Å². The summed E-state index contributed by atoms with van der Waals surface area (Å²) in [5.74, 6) is 2.90. The maximum atomic E-state index is 4.95. The molecule has 0 aliphatic heterocycles. The van der Waals surface area contributed by atoms with Gasteiger partial charge in [0.1, 0.15) is 6.54 Å². The summed E-state index contributed by atoms with van der Waals surface area (Å²) in [6, 6.07) is 0.524. The molecule has 1 aromatic heterocycles. The number of hydrogen-bond acceptors (Lipinski definition) is 4. The SMILES string of the molecule is CCNC(=NCc1noc(C)n1)NC1CCC(C)CC1. The van der Waals surface area contributed by atoms with E-state index in [1.165, 1.54) is 25.7 Å². The smallest absolute Gasteiger partial charge is 0.223 e. The molecule has 0 spiro atoms. The van der Waals surface area contributed by atoms with E-state index in [4.69, 9.17) is 4.52 Å². The van der Waals surface area contributed by atoms with E-state index in [0.717, 1.165) is 18.4 Å². The Morgan fingerprint density at radius 2 is 2.10 bits per heavy atom. The summed E-state index contributed by atoms with van der Waals surface area (Å²) in [6.45, 7) is 7.47. The van der Waals surface area contributed by atoms with Crippen LogP contribution in [0.15, 0.2) is 9.52 Å². The zero-order valence-electron chi connectivity index (χ0n) is 12.6. The molecule has 20 heavy (non-hydrogen) atoms. The third kappa shape index (κ3) is 4.51. The average Bonchev–Trinajstić information content (AvgIpc) is 2.85. The van der Waals surface area contributed by atoms with E-state index in [-0.39, 0.29) is 0 Å². The van der Waals surface area contributed by atoms with Gasteiger partial charge in [0.15, 0.2) is 11.8 Å². The van der Waals surface area contributed by atoms with Crippen LogP contribution in [0.2, 0.25) is 0 Å². The first-order valence-corrected chi connectivity index (χ1v) is 7.51. The summed E-state index contributed by atoms with van der Waals surface area (Å²) in [5, 5.41) is 10.6. The van der Waals surface area contributed by atoms with E-state index in [9.17, 15) is 0 Å². The standard InChI is InChI=1S/C14H25N5O/c1-4-15-14(16-9-13-17-11(3)20-19-13)18-12-7-5-10(2)6-8-12/h10,12H,4-9H2,1-3H3,(H2,15,16,18). The van der Waals surface area contributed by atoms with E-state index >= 15 is 0 Å². The van der Waals surface area contributed by atoms with Crippen LogP contribution < -0.4 is 10.6 Å². The van der Waals surface area contributed by atoms with Gasteiger partial charge >= 0.3 is 0 Å². The maximum Gasteiger partial charge on any atom is 0.223 e. The first kappa shape index (κ1) is 14.8. The van der Waals surface area contributed by atoms with Gasteiger partial charge in [0.25, 0.3) is 0 Å². The number of guanidine groups is 1. The number of aryl methyl sites for hydroxylation is 1.